The molecule has 108 heavy (non-hydrogen) atoms. The Morgan fingerprint density at radius 3 is 1.24 bits per heavy atom. The van der Waals surface area contributed by atoms with Crippen molar-refractivity contribution >= 4 is 47.3 Å². The number of aromatic nitrogens is 3. The summed E-state index contributed by atoms with van der Waals surface area (Å²) in [6.45, 7) is 20.7. The number of amides is 4. The minimum atomic E-state index is -1.28. The van der Waals surface area contributed by atoms with Crippen molar-refractivity contribution in [2.45, 2.75) is 302 Å². The Morgan fingerprint density at radius 2 is 0.852 bits per heavy atom. The van der Waals surface area contributed by atoms with E-state index in [1.807, 2.05) is 0 Å². The van der Waals surface area contributed by atoms with Crippen LogP contribution in [0.25, 0.3) is 5.69 Å². The number of aliphatic hydroxyl groups excluding tert-OH is 6. The SMILES string of the molecule is C[C@@H]1CCC(=O)N[C@@H]2CC[C@@]3(C)[C@@H](C2)C[C@@H](O)[C@@H]2[C@@H]3C[C@H](O)[C@]3(C)[C@H](CC[C@@H]23)[C@H](C)CCC(=O)N[C@@H](CSCc2cnnn2-c2cc(C(=O)O)ccc2C(=O)O)C(=O)N[C@@H]2CC[C@@]3(C)[C@@H](C2)C[C@@H](O)[C@@H]2[C@@H]3C[C@H](O)[C@]3(C)[C@H](CC[C@@H]23)[C@H](C)CCC(=O)N[C@@H]2CC[C@@]3(C)[C@@H](C2)C[C@@H](O)[C@@H]2[C@@H]3C[C@H](O)[C@]3(C)[C@@H]1CC[C@@H]23. The maximum Gasteiger partial charge on any atom is 0.337 e. The zero-order valence-electron chi connectivity index (χ0n) is 65.8. The van der Waals surface area contributed by atoms with Gasteiger partial charge in [-0.15, -0.1) is 5.10 Å². The quantitative estimate of drug-likeness (QED) is 0.123. The fraction of sp³-hybridized carbons (Fsp3) is 0.837. The summed E-state index contributed by atoms with van der Waals surface area (Å²) in [5.74, 6) is -0.617. The molecule has 25 aliphatic rings. The molecule has 25 fully saturated rings. The molecular formula is C86H129N7O14S. The number of rotatable bonds is 7. The van der Waals surface area contributed by atoms with Crippen LogP contribution in [0.1, 0.15) is 262 Å². The summed E-state index contributed by atoms with van der Waals surface area (Å²) < 4.78 is 1.30. The lowest BCUT2D eigenvalue weighted by Crippen LogP contribution is -2.63. The van der Waals surface area contributed by atoms with Gasteiger partial charge in [0.15, 0.2) is 0 Å². The standard InChI is InChI=1S/C86H129N7O14S/c1-43-10-21-72(100)89-51-25-28-82(5)48(32-51)35-67(95)76-59-20-17-57(86(59,9)70(98)38-62(76)82)45(3)12-23-74(102)91-64(42-108-41-53-40-87-92-93(53)65-30-46(79(104)105)13-14-54(65)80(106)107)78(103)90-52-26-29-83(6)49(33-52)36-68(96)77-60-19-16-56(85(60,8)71(99)39-63(77)83)44(2)11-22-73(101)88-50-24-27-81(4)47(31-50)34-66(94)75-58-18-15-55(43)84(58,7)69(97)37-61(75)81/h13-14,30,40,43-45,47-52,55-64,66-71,75-77,94-99H,10-12,15-29,31-39,41-42H2,1-9H3,(H,88,101)(H,89,100)(H,90,103)(H,91,102)(H,104,105)(H,106,107)/t43-,44-,45-,47+,48+,49+,50-,51-,52-,55-,56-,57-,58+,59+,60+,61+,62+,63+,64+,66-,67-,68-,69+,70+,71+,75+,76+,77+,81+,82+,83+,84-,85-,86-/m1/s1. The molecule has 21 nitrogen and oxygen atoms in total. The lowest BCUT2D eigenvalue weighted by molar-refractivity contribution is -0.202. The molecule has 24 bridgehead atoms. The van der Waals surface area contributed by atoms with Gasteiger partial charge in [0.2, 0.25) is 23.6 Å². The normalized spacial score (nSPS) is 49.1. The molecule has 598 valence electrons. The van der Waals surface area contributed by atoms with E-state index in [1.165, 1.54) is 40.8 Å². The van der Waals surface area contributed by atoms with Crippen LogP contribution >= 0.6 is 11.8 Å². The van der Waals surface area contributed by atoms with Crippen molar-refractivity contribution in [3.8, 4) is 5.69 Å². The fourth-order valence-electron chi connectivity index (χ4n) is 29.7. The summed E-state index contributed by atoms with van der Waals surface area (Å²) in [6.07, 6.45) is 17.4. The molecule has 4 amide bonds. The fourth-order valence-corrected chi connectivity index (χ4v) is 30.7. The molecule has 0 spiro atoms. The third-order valence-electron chi connectivity index (χ3n) is 35.7. The molecule has 34 atom stereocenters. The predicted octanol–water partition coefficient (Wildman–Crippen LogP) is 10.9. The second-order valence-electron chi connectivity index (χ2n) is 40.0. The van der Waals surface area contributed by atoms with E-state index in [0.717, 1.165) is 89.9 Å². The average molecular weight is 1520 g/mol. The predicted molar refractivity (Wildman–Crippen MR) is 408 cm³/mol. The molecule has 0 unspecified atom stereocenters. The molecule has 13 saturated heterocycles. The highest BCUT2D eigenvalue weighted by Crippen LogP contribution is 2.72. The van der Waals surface area contributed by atoms with Crippen molar-refractivity contribution in [3.63, 3.8) is 0 Å². The summed E-state index contributed by atoms with van der Waals surface area (Å²) in [4.78, 5) is 82.6. The summed E-state index contributed by atoms with van der Waals surface area (Å²) in [7, 11) is 0. The van der Waals surface area contributed by atoms with Gasteiger partial charge in [0.25, 0.3) is 0 Å². The molecule has 12 N–H and O–H groups in total. The van der Waals surface area contributed by atoms with Crippen LogP contribution in [0.4, 0.5) is 0 Å². The average Bonchev–Trinajstić information content (AvgIpc) is 1.58. The van der Waals surface area contributed by atoms with E-state index in [2.05, 4.69) is 93.9 Å². The first-order valence-electron chi connectivity index (χ1n) is 42.6. The third-order valence-corrected chi connectivity index (χ3v) is 36.8. The zero-order chi connectivity index (χ0) is 76.8. The molecule has 13 aliphatic heterocycles. The van der Waals surface area contributed by atoms with E-state index in [0.29, 0.717) is 82.7 Å². The van der Waals surface area contributed by atoms with Gasteiger partial charge in [-0.2, -0.15) is 11.8 Å². The number of nitrogens with zero attached hydrogens (tertiary/aromatic N) is 3. The zero-order valence-corrected chi connectivity index (χ0v) is 66.6. The van der Waals surface area contributed by atoms with E-state index < -0.39 is 65.4 Å². The van der Waals surface area contributed by atoms with Gasteiger partial charge in [-0.25, -0.2) is 14.3 Å². The lowest BCUT2D eigenvalue weighted by Gasteiger charge is -2.64. The highest BCUT2D eigenvalue weighted by molar-refractivity contribution is 7.98. The van der Waals surface area contributed by atoms with Crippen molar-refractivity contribution in [1.29, 1.82) is 0 Å². The largest absolute Gasteiger partial charge is 0.478 e. The van der Waals surface area contributed by atoms with Crippen LogP contribution in [0.15, 0.2) is 24.4 Å². The third kappa shape index (κ3) is 13.2. The number of carbonyl (C=O) groups excluding carboxylic acids is 4. The molecule has 27 rings (SSSR count). The van der Waals surface area contributed by atoms with Crippen LogP contribution in [-0.4, -0.2) is 158 Å². The monoisotopic (exact) mass is 1520 g/mol. The Balaban J connectivity index is 0.664. The van der Waals surface area contributed by atoms with E-state index in [9.17, 15) is 64.8 Å². The first-order valence-corrected chi connectivity index (χ1v) is 43.7. The molecular weight excluding hydrogens is 1390 g/mol. The number of benzene rings is 1. The van der Waals surface area contributed by atoms with Crippen LogP contribution < -0.4 is 21.3 Å². The number of aromatic carboxylic acids is 2. The minimum Gasteiger partial charge on any atom is -0.478 e. The number of aliphatic hydroxyl groups is 6. The molecule has 2 aromatic rings. The van der Waals surface area contributed by atoms with Crippen LogP contribution in [0.2, 0.25) is 0 Å². The number of carboxylic acid groups (broad SMARTS) is 2. The Kier molecular flexibility index (Phi) is 21.5. The van der Waals surface area contributed by atoms with E-state index in [4.69, 9.17) is 0 Å². The van der Waals surface area contributed by atoms with Crippen molar-refractivity contribution in [3.05, 3.63) is 41.2 Å². The van der Waals surface area contributed by atoms with Crippen molar-refractivity contribution < 1.29 is 69.6 Å². The number of fused-ring (bicyclic) bond motifs is 1. The molecule has 1 aromatic heterocycles. The van der Waals surface area contributed by atoms with E-state index in [1.54, 1.807) is 0 Å². The Bertz CT molecular complexity index is 3730. The summed E-state index contributed by atoms with van der Waals surface area (Å²) in [6, 6.07) is 2.43. The van der Waals surface area contributed by atoms with Crippen LogP contribution in [-0.2, 0) is 24.9 Å². The van der Waals surface area contributed by atoms with Crippen molar-refractivity contribution in [2.24, 2.45) is 139 Å². The van der Waals surface area contributed by atoms with Gasteiger partial charge in [0, 0.05) is 48.9 Å². The van der Waals surface area contributed by atoms with Crippen LogP contribution in [0.5, 0.6) is 0 Å². The highest BCUT2D eigenvalue weighted by atomic mass is 32.2. The number of nitrogens with one attached hydrogen (secondary N) is 4. The maximum atomic E-state index is 15.1. The summed E-state index contributed by atoms with van der Waals surface area (Å²) >= 11 is 1.33. The second-order valence-corrected chi connectivity index (χ2v) is 41.0. The van der Waals surface area contributed by atoms with E-state index in [-0.39, 0.29) is 205 Å². The van der Waals surface area contributed by atoms with Gasteiger partial charge in [-0.3, -0.25) is 19.2 Å². The van der Waals surface area contributed by atoms with Gasteiger partial charge < -0.3 is 62.1 Å². The van der Waals surface area contributed by atoms with Gasteiger partial charge >= 0.3 is 11.9 Å². The van der Waals surface area contributed by atoms with Gasteiger partial charge in [0.05, 0.1) is 65.3 Å². The number of carbonyl (C=O) groups is 6. The number of hydrogen-bond donors (Lipinski definition) is 12. The summed E-state index contributed by atoms with van der Waals surface area (Å²) in [5.41, 5.74) is -1.54. The van der Waals surface area contributed by atoms with Crippen LogP contribution in [0.3, 0.4) is 0 Å². The van der Waals surface area contributed by atoms with Crippen LogP contribution in [0, 0.1) is 139 Å². The topological polar surface area (TPSA) is 343 Å². The lowest BCUT2D eigenvalue weighted by atomic mass is 9.43. The smallest absolute Gasteiger partial charge is 0.337 e. The van der Waals surface area contributed by atoms with Gasteiger partial charge in [-0.05, 0) is 311 Å². The van der Waals surface area contributed by atoms with Gasteiger partial charge in [0.1, 0.15) is 6.04 Å². The van der Waals surface area contributed by atoms with Crippen molar-refractivity contribution in [2.75, 3.05) is 5.75 Å². The molecule has 1 aromatic carbocycles. The molecule has 14 heterocycles. The highest BCUT2D eigenvalue weighted by Gasteiger charge is 2.70. The van der Waals surface area contributed by atoms with E-state index >= 15 is 4.79 Å². The Labute approximate surface area is 643 Å². The molecule has 0 radical (unpaired) electrons. The Hall–Kier alpha value is -4.71. The minimum absolute atomic E-state index is 0.00146. The second kappa shape index (κ2) is 29.6. The molecule has 12 saturated carbocycles. The summed E-state index contributed by atoms with van der Waals surface area (Å²) in [5, 5.41) is 117. The number of hydrogen-bond acceptors (Lipinski definition) is 15. The number of thioether (sulfide) groups is 1. The first-order chi connectivity index (χ1) is 51.2. The number of carboxylic acids is 2. The van der Waals surface area contributed by atoms with Gasteiger partial charge in [-0.1, -0.05) is 67.5 Å². The molecule has 12 aliphatic carbocycles. The maximum absolute atomic E-state index is 15.1. The van der Waals surface area contributed by atoms with Crippen molar-refractivity contribution in [1.82, 2.24) is 36.3 Å². The first kappa shape index (κ1) is 78.6. The molecule has 22 heteroatoms. The Morgan fingerprint density at radius 1 is 0.472 bits per heavy atom.